The summed E-state index contributed by atoms with van der Waals surface area (Å²) in [6, 6.07) is 17.3. The summed E-state index contributed by atoms with van der Waals surface area (Å²) in [5, 5.41) is 13.9. The minimum absolute atomic E-state index is 0.269. The Bertz CT molecular complexity index is 673. The molecule has 0 spiro atoms. The Hall–Kier alpha value is -3.13. The summed E-state index contributed by atoms with van der Waals surface area (Å²) < 4.78 is 0. The number of amides is 2. The van der Waals surface area contributed by atoms with Crippen LogP contribution in [0.5, 0.6) is 0 Å². The van der Waals surface area contributed by atoms with Crippen LogP contribution in [0.25, 0.3) is 0 Å². The van der Waals surface area contributed by atoms with Crippen molar-refractivity contribution >= 4 is 23.2 Å². The molecule has 104 valence electrons. The lowest BCUT2D eigenvalue weighted by Gasteiger charge is -2.06. The van der Waals surface area contributed by atoms with Crippen LogP contribution >= 0.6 is 0 Å². The number of nitrogens with zero attached hydrogens (tertiary/aromatic N) is 1. The molecule has 5 nitrogen and oxygen atoms in total. The van der Waals surface area contributed by atoms with Crippen molar-refractivity contribution in [3.8, 4) is 6.07 Å². The van der Waals surface area contributed by atoms with Gasteiger partial charge < -0.3 is 10.6 Å². The number of carbonyl (C=O) groups is 2. The van der Waals surface area contributed by atoms with E-state index in [9.17, 15) is 9.59 Å². The Balaban J connectivity index is 1.86. The maximum atomic E-state index is 11.7. The van der Waals surface area contributed by atoms with Crippen molar-refractivity contribution in [1.82, 2.24) is 0 Å². The van der Waals surface area contributed by atoms with Crippen molar-refractivity contribution in [2.45, 2.75) is 6.42 Å². The van der Waals surface area contributed by atoms with Crippen molar-refractivity contribution in [2.24, 2.45) is 0 Å². The van der Waals surface area contributed by atoms with Crippen LogP contribution in [0.1, 0.15) is 12.0 Å². The Labute approximate surface area is 122 Å². The fourth-order valence-electron chi connectivity index (χ4n) is 1.71. The second-order valence-corrected chi connectivity index (χ2v) is 4.33. The predicted molar refractivity (Wildman–Crippen MR) is 79.5 cm³/mol. The molecule has 0 bridgehead atoms. The molecule has 2 aromatic carbocycles. The molecule has 2 rings (SSSR count). The summed E-state index contributed by atoms with van der Waals surface area (Å²) in [6.07, 6.45) is -0.269. The van der Waals surface area contributed by atoms with Crippen LogP contribution in [0.3, 0.4) is 0 Å². The second kappa shape index (κ2) is 6.87. The first-order chi connectivity index (χ1) is 10.2. The highest BCUT2D eigenvalue weighted by Crippen LogP contribution is 2.10. The maximum absolute atomic E-state index is 11.7. The lowest BCUT2D eigenvalue weighted by Crippen LogP contribution is -2.21. The van der Waals surface area contributed by atoms with Crippen LogP contribution in [0.15, 0.2) is 54.6 Å². The first kappa shape index (κ1) is 14.3. The first-order valence-corrected chi connectivity index (χ1v) is 6.32. The number of hydrogen-bond acceptors (Lipinski definition) is 3. The second-order valence-electron chi connectivity index (χ2n) is 4.33. The fraction of sp³-hybridized carbons (Fsp3) is 0.0625. The number of benzene rings is 2. The molecule has 0 unspecified atom stereocenters. The number of hydrogen-bond donors (Lipinski definition) is 2. The minimum atomic E-state index is -0.409. The number of nitriles is 1. The zero-order valence-corrected chi connectivity index (χ0v) is 11.2. The fourth-order valence-corrected chi connectivity index (χ4v) is 1.71. The molecule has 0 aromatic heterocycles. The van der Waals surface area contributed by atoms with Gasteiger partial charge in [-0.05, 0) is 36.4 Å². The topological polar surface area (TPSA) is 82.0 Å². The lowest BCUT2D eigenvalue weighted by molar-refractivity contribution is -0.123. The summed E-state index contributed by atoms with van der Waals surface area (Å²) >= 11 is 0. The molecular weight excluding hydrogens is 266 g/mol. The molecule has 0 fully saturated rings. The molecule has 0 saturated heterocycles. The van der Waals surface area contributed by atoms with Gasteiger partial charge in [0.1, 0.15) is 6.42 Å². The van der Waals surface area contributed by atoms with Gasteiger partial charge in [0, 0.05) is 11.4 Å². The van der Waals surface area contributed by atoms with Gasteiger partial charge in [-0.1, -0.05) is 18.2 Å². The molecule has 21 heavy (non-hydrogen) atoms. The Kier molecular flexibility index (Phi) is 4.67. The van der Waals surface area contributed by atoms with Crippen molar-refractivity contribution < 1.29 is 9.59 Å². The molecule has 5 heteroatoms. The van der Waals surface area contributed by atoms with E-state index in [-0.39, 0.29) is 12.3 Å². The molecule has 2 aromatic rings. The molecule has 0 aliphatic rings. The van der Waals surface area contributed by atoms with Crippen molar-refractivity contribution in [3.63, 3.8) is 0 Å². The van der Waals surface area contributed by atoms with Crippen LogP contribution in [0, 0.1) is 11.3 Å². The van der Waals surface area contributed by atoms with E-state index in [2.05, 4.69) is 10.6 Å². The monoisotopic (exact) mass is 279 g/mol. The van der Waals surface area contributed by atoms with Crippen molar-refractivity contribution in [3.05, 3.63) is 60.2 Å². The largest absolute Gasteiger partial charge is 0.326 e. The summed E-state index contributed by atoms with van der Waals surface area (Å²) in [7, 11) is 0. The van der Waals surface area contributed by atoms with Crippen molar-refractivity contribution in [1.29, 1.82) is 5.26 Å². The highest BCUT2D eigenvalue weighted by Gasteiger charge is 2.09. The molecule has 0 atom stereocenters. The predicted octanol–water partition coefficient (Wildman–Crippen LogP) is 2.53. The summed E-state index contributed by atoms with van der Waals surface area (Å²) in [6.45, 7) is 0. The van der Waals surface area contributed by atoms with Gasteiger partial charge in [0.2, 0.25) is 11.8 Å². The smallest absolute Gasteiger partial charge is 0.233 e. The Morgan fingerprint density at radius 2 is 1.38 bits per heavy atom. The SMILES string of the molecule is N#Cc1ccc(NC(=O)CC(=O)Nc2ccccc2)cc1. The number of nitrogens with one attached hydrogen (secondary N) is 2. The van der Waals surface area contributed by atoms with E-state index in [1.165, 1.54) is 0 Å². The average molecular weight is 279 g/mol. The van der Waals surface area contributed by atoms with Gasteiger partial charge in [0.15, 0.2) is 0 Å². The van der Waals surface area contributed by atoms with Gasteiger partial charge in [0.05, 0.1) is 11.6 Å². The number of para-hydroxylation sites is 1. The van der Waals surface area contributed by atoms with Crippen LogP contribution in [0.2, 0.25) is 0 Å². The number of rotatable bonds is 4. The highest BCUT2D eigenvalue weighted by atomic mass is 16.2. The van der Waals surface area contributed by atoms with E-state index in [1.54, 1.807) is 48.5 Å². The van der Waals surface area contributed by atoms with Gasteiger partial charge in [0.25, 0.3) is 0 Å². The third kappa shape index (κ3) is 4.48. The molecule has 2 amide bonds. The molecule has 0 aliphatic carbocycles. The van der Waals surface area contributed by atoms with Gasteiger partial charge in [-0.25, -0.2) is 0 Å². The third-order valence-corrected chi connectivity index (χ3v) is 2.68. The van der Waals surface area contributed by atoms with E-state index in [4.69, 9.17) is 5.26 Å². The summed E-state index contributed by atoms with van der Waals surface area (Å²) in [5.41, 5.74) is 1.70. The van der Waals surface area contributed by atoms with E-state index >= 15 is 0 Å². The van der Waals surface area contributed by atoms with Crippen LogP contribution < -0.4 is 10.6 Å². The standard InChI is InChI=1S/C16H13N3O2/c17-11-12-6-8-14(9-7-12)19-16(21)10-15(20)18-13-4-2-1-3-5-13/h1-9H,10H2,(H,18,20)(H,19,21). The summed E-state index contributed by atoms with van der Waals surface area (Å²) in [4.78, 5) is 23.4. The van der Waals surface area contributed by atoms with E-state index in [0.717, 1.165) is 0 Å². The lowest BCUT2D eigenvalue weighted by atomic mass is 10.2. The van der Waals surface area contributed by atoms with Crippen LogP contribution in [0.4, 0.5) is 11.4 Å². The molecule has 0 heterocycles. The summed E-state index contributed by atoms with van der Waals surface area (Å²) in [5.74, 6) is -0.791. The Morgan fingerprint density at radius 1 is 0.857 bits per heavy atom. The molecule has 2 N–H and O–H groups in total. The highest BCUT2D eigenvalue weighted by molar-refractivity contribution is 6.08. The van der Waals surface area contributed by atoms with Crippen LogP contribution in [-0.2, 0) is 9.59 Å². The number of carbonyl (C=O) groups excluding carboxylic acids is 2. The average Bonchev–Trinajstić information content (AvgIpc) is 2.48. The van der Waals surface area contributed by atoms with Crippen LogP contribution in [-0.4, -0.2) is 11.8 Å². The van der Waals surface area contributed by atoms with Gasteiger partial charge >= 0.3 is 0 Å². The van der Waals surface area contributed by atoms with E-state index in [1.807, 2.05) is 12.1 Å². The maximum Gasteiger partial charge on any atom is 0.233 e. The number of anilines is 2. The molecule has 0 saturated carbocycles. The quantitative estimate of drug-likeness (QED) is 0.844. The first-order valence-electron chi connectivity index (χ1n) is 6.32. The van der Waals surface area contributed by atoms with E-state index < -0.39 is 5.91 Å². The van der Waals surface area contributed by atoms with Gasteiger partial charge in [-0.3, -0.25) is 9.59 Å². The normalized spacial score (nSPS) is 9.48. The molecule has 0 aliphatic heterocycles. The van der Waals surface area contributed by atoms with Gasteiger partial charge in [-0.2, -0.15) is 5.26 Å². The zero-order chi connectivity index (χ0) is 15.1. The molecule has 0 radical (unpaired) electrons. The van der Waals surface area contributed by atoms with Crippen molar-refractivity contribution in [2.75, 3.05) is 10.6 Å². The molecular formula is C16H13N3O2. The van der Waals surface area contributed by atoms with E-state index in [0.29, 0.717) is 16.9 Å². The van der Waals surface area contributed by atoms with Gasteiger partial charge in [-0.15, -0.1) is 0 Å². The third-order valence-electron chi connectivity index (χ3n) is 2.68. The Morgan fingerprint density at radius 3 is 1.90 bits per heavy atom. The minimum Gasteiger partial charge on any atom is -0.326 e. The zero-order valence-electron chi connectivity index (χ0n) is 11.2.